The molecule has 0 N–H and O–H groups in total. The van der Waals surface area contributed by atoms with E-state index in [0.717, 1.165) is 0 Å². The zero-order valence-electron chi connectivity index (χ0n) is 11.5. The summed E-state index contributed by atoms with van der Waals surface area (Å²) in [5.74, 6) is -1.44. The van der Waals surface area contributed by atoms with E-state index in [1.54, 1.807) is 0 Å². The molecule has 22 heavy (non-hydrogen) atoms. The first kappa shape index (κ1) is 18.4. The van der Waals surface area contributed by atoms with Crippen LogP contribution in [0.5, 0.6) is 0 Å². The molecular weight excluding hydrogens is 326 g/mol. The molecule has 122 valence electrons. The molecule has 1 aromatic rings. The highest BCUT2D eigenvalue weighted by Crippen LogP contribution is 2.26. The van der Waals surface area contributed by atoms with Gasteiger partial charge in [-0.15, -0.1) is 0 Å². The summed E-state index contributed by atoms with van der Waals surface area (Å²) in [5, 5.41) is 3.27. The predicted octanol–water partition coefficient (Wildman–Crippen LogP) is 3.69. The van der Waals surface area contributed by atoms with Crippen molar-refractivity contribution in [2.24, 2.45) is 5.11 Å². The van der Waals surface area contributed by atoms with Gasteiger partial charge in [-0.25, -0.2) is 0 Å². The standard InChI is InChI=1S/C12H13F4N3O2S/c1-21-11(10(6-13)18-19-17)8-2-4-9(5-3-8)22(20)7-12(14,15)16/h2-5,10-11H,6-7H2,1H3/t10-,11-,22?/m1/s1. The van der Waals surface area contributed by atoms with Crippen molar-refractivity contribution in [3.63, 3.8) is 0 Å². The van der Waals surface area contributed by atoms with Gasteiger partial charge in [-0.05, 0) is 23.2 Å². The Morgan fingerprint density at radius 3 is 2.36 bits per heavy atom. The van der Waals surface area contributed by atoms with Gasteiger partial charge >= 0.3 is 6.18 Å². The van der Waals surface area contributed by atoms with Crippen molar-refractivity contribution in [3.8, 4) is 0 Å². The fraction of sp³-hybridized carbons (Fsp3) is 0.500. The Bertz CT molecular complexity index is 558. The van der Waals surface area contributed by atoms with E-state index in [9.17, 15) is 21.8 Å². The molecule has 10 heteroatoms. The number of methoxy groups -OCH3 is 1. The number of ether oxygens (including phenoxy) is 1. The van der Waals surface area contributed by atoms with Crippen molar-refractivity contribution in [2.75, 3.05) is 19.5 Å². The summed E-state index contributed by atoms with van der Waals surface area (Å²) in [6.07, 6.45) is -5.41. The van der Waals surface area contributed by atoms with Crippen LogP contribution in [0.25, 0.3) is 10.4 Å². The van der Waals surface area contributed by atoms with Gasteiger partial charge in [0.1, 0.15) is 12.4 Å². The Labute approximate surface area is 126 Å². The lowest BCUT2D eigenvalue weighted by Crippen LogP contribution is -2.20. The molecule has 0 saturated heterocycles. The number of rotatable bonds is 7. The molecule has 0 aliphatic heterocycles. The van der Waals surface area contributed by atoms with Gasteiger partial charge in [0.15, 0.2) is 0 Å². The first-order valence-corrected chi connectivity index (χ1v) is 7.32. The molecule has 0 heterocycles. The quantitative estimate of drug-likeness (QED) is 0.329. The average Bonchev–Trinajstić information content (AvgIpc) is 2.46. The maximum absolute atomic E-state index is 12.8. The van der Waals surface area contributed by atoms with Crippen LogP contribution in [0.1, 0.15) is 11.7 Å². The summed E-state index contributed by atoms with van der Waals surface area (Å²) >= 11 is 0. The van der Waals surface area contributed by atoms with E-state index in [1.165, 1.54) is 31.4 Å². The highest BCUT2D eigenvalue weighted by molar-refractivity contribution is 7.85. The number of benzene rings is 1. The topological polar surface area (TPSA) is 75.1 Å². The van der Waals surface area contributed by atoms with Crippen LogP contribution in [-0.4, -0.2) is 36.0 Å². The second kappa shape index (κ2) is 8.11. The number of halogens is 4. The molecule has 1 rings (SSSR count). The smallest absolute Gasteiger partial charge is 0.376 e. The predicted molar refractivity (Wildman–Crippen MR) is 72.4 cm³/mol. The zero-order chi connectivity index (χ0) is 16.8. The SMILES string of the molecule is CO[C@H](c1ccc(S(=O)CC(F)(F)F)cc1)[C@@H](CF)N=[N+]=[N-]. The molecule has 0 fully saturated rings. The van der Waals surface area contributed by atoms with Gasteiger partial charge in [-0.1, -0.05) is 17.2 Å². The fourth-order valence-electron chi connectivity index (χ4n) is 1.80. The van der Waals surface area contributed by atoms with Crippen LogP contribution < -0.4 is 0 Å². The van der Waals surface area contributed by atoms with Crippen LogP contribution in [0.15, 0.2) is 34.3 Å². The third kappa shape index (κ3) is 5.28. The largest absolute Gasteiger partial charge is 0.400 e. The van der Waals surface area contributed by atoms with Crippen molar-refractivity contribution in [1.29, 1.82) is 0 Å². The molecule has 0 spiro atoms. The first-order valence-electron chi connectivity index (χ1n) is 6.00. The van der Waals surface area contributed by atoms with Crippen LogP contribution in [0.2, 0.25) is 0 Å². The van der Waals surface area contributed by atoms with Gasteiger partial charge in [0.05, 0.1) is 22.9 Å². The van der Waals surface area contributed by atoms with Crippen molar-refractivity contribution in [1.82, 2.24) is 0 Å². The lowest BCUT2D eigenvalue weighted by molar-refractivity contribution is -0.105. The van der Waals surface area contributed by atoms with Gasteiger partial charge < -0.3 is 4.74 Å². The normalized spacial score (nSPS) is 15.7. The van der Waals surface area contributed by atoms with Crippen molar-refractivity contribution in [2.45, 2.75) is 23.2 Å². The van der Waals surface area contributed by atoms with E-state index >= 15 is 0 Å². The van der Waals surface area contributed by atoms with E-state index < -0.39 is 41.5 Å². The van der Waals surface area contributed by atoms with Gasteiger partial charge in [0.2, 0.25) is 0 Å². The summed E-state index contributed by atoms with van der Waals surface area (Å²) in [7, 11) is -0.926. The molecule has 1 unspecified atom stereocenters. The number of hydrogen-bond donors (Lipinski definition) is 0. The molecular formula is C12H13F4N3O2S. The summed E-state index contributed by atoms with van der Waals surface area (Å²) < 4.78 is 66.0. The van der Waals surface area contributed by atoms with E-state index in [0.29, 0.717) is 5.56 Å². The molecule has 0 bridgehead atoms. The van der Waals surface area contributed by atoms with Crippen LogP contribution in [0, 0.1) is 0 Å². The monoisotopic (exact) mass is 339 g/mol. The second-order valence-corrected chi connectivity index (χ2v) is 5.71. The van der Waals surface area contributed by atoms with Crippen LogP contribution in [-0.2, 0) is 15.5 Å². The van der Waals surface area contributed by atoms with Gasteiger partial charge in [0, 0.05) is 16.9 Å². The summed E-state index contributed by atoms with van der Waals surface area (Å²) in [6, 6.07) is 4.13. The summed E-state index contributed by atoms with van der Waals surface area (Å²) in [4.78, 5) is 2.52. The van der Waals surface area contributed by atoms with E-state index in [2.05, 4.69) is 10.0 Å². The Kier molecular flexibility index (Phi) is 6.79. The zero-order valence-corrected chi connectivity index (χ0v) is 12.3. The third-order valence-electron chi connectivity index (χ3n) is 2.73. The maximum Gasteiger partial charge on any atom is 0.400 e. The Balaban J connectivity index is 2.95. The molecule has 5 nitrogen and oxygen atoms in total. The molecule has 3 atom stereocenters. The van der Waals surface area contributed by atoms with Gasteiger partial charge in [-0.3, -0.25) is 8.60 Å². The van der Waals surface area contributed by atoms with E-state index in [1.807, 2.05) is 0 Å². The Morgan fingerprint density at radius 1 is 1.36 bits per heavy atom. The van der Waals surface area contributed by atoms with Crippen molar-refractivity contribution >= 4 is 10.8 Å². The third-order valence-corrected chi connectivity index (χ3v) is 4.12. The van der Waals surface area contributed by atoms with Crippen LogP contribution in [0.3, 0.4) is 0 Å². The van der Waals surface area contributed by atoms with Gasteiger partial charge in [-0.2, -0.15) is 13.2 Å². The maximum atomic E-state index is 12.8. The molecule has 0 aliphatic rings. The van der Waals surface area contributed by atoms with Crippen molar-refractivity contribution < 1.29 is 26.5 Å². The molecule has 0 saturated carbocycles. The van der Waals surface area contributed by atoms with Crippen LogP contribution >= 0.6 is 0 Å². The minimum Gasteiger partial charge on any atom is -0.376 e. The van der Waals surface area contributed by atoms with Crippen LogP contribution in [0.4, 0.5) is 17.6 Å². The first-order chi connectivity index (χ1) is 10.3. The minimum atomic E-state index is -4.53. The molecule has 0 amide bonds. The second-order valence-electron chi connectivity index (χ2n) is 4.26. The average molecular weight is 339 g/mol. The molecule has 1 aromatic carbocycles. The molecule has 0 aliphatic carbocycles. The lowest BCUT2D eigenvalue weighted by Gasteiger charge is -2.20. The Hall–Kier alpha value is -1.64. The molecule has 0 radical (unpaired) electrons. The number of azide groups is 1. The highest BCUT2D eigenvalue weighted by atomic mass is 32.2. The number of nitrogens with zero attached hydrogens (tertiary/aromatic N) is 3. The number of hydrogen-bond acceptors (Lipinski definition) is 3. The Morgan fingerprint density at radius 2 is 1.95 bits per heavy atom. The minimum absolute atomic E-state index is 0.00323. The van der Waals surface area contributed by atoms with Crippen molar-refractivity contribution in [3.05, 3.63) is 40.3 Å². The summed E-state index contributed by atoms with van der Waals surface area (Å²) in [6.45, 7) is -0.954. The van der Waals surface area contributed by atoms with E-state index in [4.69, 9.17) is 10.3 Å². The number of alkyl halides is 4. The lowest BCUT2D eigenvalue weighted by atomic mass is 10.0. The molecule has 0 aromatic heterocycles. The van der Waals surface area contributed by atoms with Gasteiger partial charge in [0.25, 0.3) is 0 Å². The summed E-state index contributed by atoms with van der Waals surface area (Å²) in [5.41, 5.74) is 8.78. The highest BCUT2D eigenvalue weighted by Gasteiger charge is 2.31. The fourth-order valence-corrected chi connectivity index (χ4v) is 2.70. The van der Waals surface area contributed by atoms with E-state index in [-0.39, 0.29) is 4.90 Å².